The van der Waals surface area contributed by atoms with E-state index in [0.29, 0.717) is 0 Å². The van der Waals surface area contributed by atoms with Crippen molar-refractivity contribution in [3.05, 3.63) is 54.1 Å². The van der Waals surface area contributed by atoms with E-state index < -0.39 is 6.18 Å². The Hall–Kier alpha value is -1.51. The number of benzene rings is 1. The number of allylic oxidation sites excluding steroid dienone is 3. The maximum atomic E-state index is 11.7. The number of alkyl halides is 3. The Labute approximate surface area is 80.4 Å². The number of hydrogen-bond donors (Lipinski definition) is 0. The molecule has 0 bridgehead atoms. The third-order valence-corrected chi connectivity index (χ3v) is 1.48. The summed E-state index contributed by atoms with van der Waals surface area (Å²) in [4.78, 5) is 0. The van der Waals surface area contributed by atoms with Crippen LogP contribution in [0.4, 0.5) is 13.2 Å². The van der Waals surface area contributed by atoms with Gasteiger partial charge in [-0.15, -0.1) is 0 Å². The van der Waals surface area contributed by atoms with E-state index in [4.69, 9.17) is 0 Å². The van der Waals surface area contributed by atoms with Crippen molar-refractivity contribution in [2.24, 2.45) is 0 Å². The predicted molar refractivity (Wildman–Crippen MR) is 50.7 cm³/mol. The minimum absolute atomic E-state index is 0.201. The number of rotatable bonds is 2. The van der Waals surface area contributed by atoms with E-state index in [9.17, 15) is 13.2 Å². The summed E-state index contributed by atoms with van der Waals surface area (Å²) in [6, 6.07) is 9.14. The summed E-state index contributed by atoms with van der Waals surface area (Å²) >= 11 is 0. The minimum Gasteiger partial charge on any atom is -0.167 e. The number of halogens is 3. The van der Waals surface area contributed by atoms with Crippen molar-refractivity contribution in [1.29, 1.82) is 0 Å². The summed E-state index contributed by atoms with van der Waals surface area (Å²) in [6.07, 6.45) is -0.0778. The van der Waals surface area contributed by atoms with Crippen LogP contribution in [-0.2, 0) is 0 Å². The highest BCUT2D eigenvalue weighted by Gasteiger charge is 2.21. The van der Waals surface area contributed by atoms with Gasteiger partial charge in [0, 0.05) is 6.08 Å². The van der Waals surface area contributed by atoms with Gasteiger partial charge >= 0.3 is 6.18 Å². The summed E-state index contributed by atoms with van der Waals surface area (Å²) in [6.45, 7) is 0. The molecule has 1 aromatic rings. The molecule has 14 heavy (non-hydrogen) atoms. The first-order chi connectivity index (χ1) is 6.58. The summed E-state index contributed by atoms with van der Waals surface area (Å²) in [5.41, 5.74) is 0.874. The van der Waals surface area contributed by atoms with Gasteiger partial charge in [-0.05, 0) is 5.56 Å². The van der Waals surface area contributed by atoms with Crippen molar-refractivity contribution in [1.82, 2.24) is 0 Å². The Morgan fingerprint density at radius 1 is 0.929 bits per heavy atom. The third kappa shape index (κ3) is 4.50. The number of hydrogen-bond acceptors (Lipinski definition) is 0. The Bertz CT molecular complexity index is 320. The molecule has 0 aliphatic heterocycles. The molecule has 0 saturated heterocycles. The largest absolute Gasteiger partial charge is 0.409 e. The fourth-order valence-corrected chi connectivity index (χ4v) is 0.895. The smallest absolute Gasteiger partial charge is 0.167 e. The van der Waals surface area contributed by atoms with Crippen molar-refractivity contribution in [3.8, 4) is 0 Å². The molecule has 0 amide bonds. The zero-order chi connectivity index (χ0) is 10.4. The van der Waals surface area contributed by atoms with Gasteiger partial charge in [-0.25, -0.2) is 0 Å². The van der Waals surface area contributed by atoms with E-state index >= 15 is 0 Å². The molecule has 0 aliphatic rings. The average Bonchev–Trinajstić information content (AvgIpc) is 2.13. The fraction of sp³-hybridized carbons (Fsp3) is 0.0909. The van der Waals surface area contributed by atoms with Crippen LogP contribution in [0.25, 0.3) is 6.08 Å². The fourth-order valence-electron chi connectivity index (χ4n) is 0.895. The molecule has 0 radical (unpaired) electrons. The Morgan fingerprint density at radius 2 is 1.57 bits per heavy atom. The van der Waals surface area contributed by atoms with Gasteiger partial charge in [0.2, 0.25) is 0 Å². The lowest BCUT2D eigenvalue weighted by Gasteiger charge is -1.94. The first kappa shape index (κ1) is 10.6. The first-order valence-electron chi connectivity index (χ1n) is 4.05. The van der Waals surface area contributed by atoms with E-state index in [2.05, 4.69) is 0 Å². The third-order valence-electron chi connectivity index (χ3n) is 1.48. The van der Waals surface area contributed by atoms with Crippen LogP contribution in [0.3, 0.4) is 0 Å². The van der Waals surface area contributed by atoms with E-state index in [0.717, 1.165) is 11.6 Å². The second kappa shape index (κ2) is 4.65. The van der Waals surface area contributed by atoms with Crippen molar-refractivity contribution in [2.75, 3.05) is 0 Å². The van der Waals surface area contributed by atoms with Crippen LogP contribution < -0.4 is 0 Å². The molecular weight excluding hydrogens is 189 g/mol. The molecular formula is C11H9F3. The Kier molecular flexibility index (Phi) is 3.51. The van der Waals surface area contributed by atoms with Crippen LogP contribution >= 0.6 is 0 Å². The molecule has 0 N–H and O–H groups in total. The van der Waals surface area contributed by atoms with E-state index in [-0.39, 0.29) is 6.08 Å². The van der Waals surface area contributed by atoms with E-state index in [1.54, 1.807) is 6.08 Å². The predicted octanol–water partition coefficient (Wildman–Crippen LogP) is 3.82. The summed E-state index contributed by atoms with van der Waals surface area (Å²) in [7, 11) is 0. The average molecular weight is 198 g/mol. The van der Waals surface area contributed by atoms with Gasteiger partial charge in [0.1, 0.15) is 0 Å². The lowest BCUT2D eigenvalue weighted by molar-refractivity contribution is -0.0798. The van der Waals surface area contributed by atoms with Crippen LogP contribution in [0.15, 0.2) is 48.6 Å². The molecule has 0 unspecified atom stereocenters. The van der Waals surface area contributed by atoms with Crippen LogP contribution in [0.5, 0.6) is 0 Å². The minimum atomic E-state index is -4.24. The van der Waals surface area contributed by atoms with E-state index in [1.165, 1.54) is 6.08 Å². The quantitative estimate of drug-likeness (QED) is 0.634. The van der Waals surface area contributed by atoms with Gasteiger partial charge in [-0.2, -0.15) is 13.2 Å². The van der Waals surface area contributed by atoms with Crippen molar-refractivity contribution >= 4 is 6.08 Å². The van der Waals surface area contributed by atoms with Crippen LogP contribution in [0.1, 0.15) is 5.56 Å². The molecule has 0 spiro atoms. The lowest BCUT2D eigenvalue weighted by Crippen LogP contribution is -1.99. The molecule has 0 atom stereocenters. The summed E-state index contributed by atoms with van der Waals surface area (Å²) in [5.74, 6) is 0. The van der Waals surface area contributed by atoms with Crippen molar-refractivity contribution in [3.63, 3.8) is 0 Å². The topological polar surface area (TPSA) is 0 Å². The molecule has 3 heteroatoms. The van der Waals surface area contributed by atoms with Gasteiger partial charge in [-0.3, -0.25) is 0 Å². The second-order valence-electron chi connectivity index (χ2n) is 2.67. The Morgan fingerprint density at radius 3 is 2.14 bits per heavy atom. The monoisotopic (exact) mass is 198 g/mol. The van der Waals surface area contributed by atoms with Gasteiger partial charge < -0.3 is 0 Å². The normalized spacial score (nSPS) is 12.8. The second-order valence-corrected chi connectivity index (χ2v) is 2.67. The molecule has 0 aliphatic carbocycles. The highest BCUT2D eigenvalue weighted by Crippen LogP contribution is 2.15. The Balaban J connectivity index is 2.54. The molecule has 0 heterocycles. The van der Waals surface area contributed by atoms with Crippen LogP contribution in [-0.4, -0.2) is 6.18 Å². The van der Waals surface area contributed by atoms with E-state index in [1.807, 2.05) is 30.3 Å². The zero-order valence-electron chi connectivity index (χ0n) is 7.33. The first-order valence-corrected chi connectivity index (χ1v) is 4.05. The summed E-state index contributed by atoms with van der Waals surface area (Å²) < 4.78 is 35.0. The highest BCUT2D eigenvalue weighted by atomic mass is 19.4. The van der Waals surface area contributed by atoms with Crippen molar-refractivity contribution < 1.29 is 13.2 Å². The maximum absolute atomic E-state index is 11.7. The van der Waals surface area contributed by atoms with Crippen LogP contribution in [0, 0.1) is 0 Å². The molecule has 0 aromatic heterocycles. The van der Waals surface area contributed by atoms with Crippen molar-refractivity contribution in [2.45, 2.75) is 6.18 Å². The lowest BCUT2D eigenvalue weighted by atomic mass is 10.2. The molecule has 0 nitrogen and oxygen atoms in total. The van der Waals surface area contributed by atoms with Gasteiger partial charge in [0.05, 0.1) is 0 Å². The maximum Gasteiger partial charge on any atom is 0.409 e. The molecule has 1 rings (SSSR count). The molecule has 0 saturated carbocycles. The van der Waals surface area contributed by atoms with Gasteiger partial charge in [-0.1, -0.05) is 48.6 Å². The summed E-state index contributed by atoms with van der Waals surface area (Å²) in [5, 5.41) is 0. The molecule has 0 fully saturated rings. The molecule has 1 aromatic carbocycles. The standard InChI is InChI=1S/C11H9F3/c12-11(13,14)9-5-4-8-10-6-2-1-3-7-10/h1-9H/b8-4+,9-5-. The molecule has 74 valence electrons. The SMILES string of the molecule is FC(F)(F)/C=C\C=C\c1ccccc1. The highest BCUT2D eigenvalue weighted by molar-refractivity contribution is 5.50. The van der Waals surface area contributed by atoms with Gasteiger partial charge in [0.15, 0.2) is 0 Å². The zero-order valence-corrected chi connectivity index (χ0v) is 7.33. The van der Waals surface area contributed by atoms with Crippen LogP contribution in [0.2, 0.25) is 0 Å². The van der Waals surface area contributed by atoms with Gasteiger partial charge in [0.25, 0.3) is 0 Å².